The first-order valence-corrected chi connectivity index (χ1v) is 8.82. The van der Waals surface area contributed by atoms with E-state index in [0.717, 1.165) is 0 Å². The summed E-state index contributed by atoms with van der Waals surface area (Å²) in [4.78, 5) is 35.3. The second-order valence-electron chi connectivity index (χ2n) is 5.56. The quantitative estimate of drug-likeness (QED) is 0.679. The second-order valence-corrected chi connectivity index (χ2v) is 6.40. The van der Waals surface area contributed by atoms with E-state index in [1.807, 2.05) is 0 Å². The van der Waals surface area contributed by atoms with E-state index in [2.05, 4.69) is 10.1 Å². The minimum atomic E-state index is -0.981. The SMILES string of the molecule is COC(=O)c1ccc(NC(=O)COC(=O)[C@@H](C)Oc2ccc(Cl)cc2Cl)cc1. The molecule has 0 saturated heterocycles. The Labute approximate surface area is 171 Å². The van der Waals surface area contributed by atoms with Crippen LogP contribution in [-0.4, -0.2) is 37.7 Å². The van der Waals surface area contributed by atoms with Gasteiger partial charge in [0.25, 0.3) is 5.91 Å². The molecule has 0 radical (unpaired) electrons. The molecule has 0 aliphatic heterocycles. The van der Waals surface area contributed by atoms with E-state index < -0.39 is 30.6 Å². The Hall–Kier alpha value is -2.77. The highest BCUT2D eigenvalue weighted by molar-refractivity contribution is 6.35. The van der Waals surface area contributed by atoms with Gasteiger partial charge in [0, 0.05) is 10.7 Å². The molecule has 7 nitrogen and oxygen atoms in total. The number of anilines is 1. The van der Waals surface area contributed by atoms with Gasteiger partial charge in [0.2, 0.25) is 0 Å². The summed E-state index contributed by atoms with van der Waals surface area (Å²) in [6.07, 6.45) is -0.981. The molecule has 2 aromatic carbocycles. The molecule has 2 aromatic rings. The van der Waals surface area contributed by atoms with E-state index in [9.17, 15) is 14.4 Å². The van der Waals surface area contributed by atoms with Crippen molar-refractivity contribution in [3.63, 3.8) is 0 Å². The van der Waals surface area contributed by atoms with Gasteiger partial charge in [-0.15, -0.1) is 0 Å². The van der Waals surface area contributed by atoms with Gasteiger partial charge in [-0.25, -0.2) is 9.59 Å². The predicted octanol–water partition coefficient (Wildman–Crippen LogP) is 3.73. The average molecular weight is 426 g/mol. The number of hydrogen-bond acceptors (Lipinski definition) is 6. The summed E-state index contributed by atoms with van der Waals surface area (Å²) >= 11 is 11.8. The number of carbonyl (C=O) groups excluding carboxylic acids is 3. The van der Waals surface area contributed by atoms with E-state index >= 15 is 0 Å². The lowest BCUT2D eigenvalue weighted by Gasteiger charge is -2.15. The van der Waals surface area contributed by atoms with Crippen LogP contribution < -0.4 is 10.1 Å². The first-order valence-electron chi connectivity index (χ1n) is 8.06. The number of methoxy groups -OCH3 is 1. The van der Waals surface area contributed by atoms with E-state index in [-0.39, 0.29) is 10.8 Å². The van der Waals surface area contributed by atoms with E-state index in [1.54, 1.807) is 6.07 Å². The summed E-state index contributed by atoms with van der Waals surface area (Å²) in [7, 11) is 1.28. The van der Waals surface area contributed by atoms with E-state index in [0.29, 0.717) is 16.3 Å². The second kappa shape index (κ2) is 9.96. The van der Waals surface area contributed by atoms with Crippen LogP contribution in [0.3, 0.4) is 0 Å². The van der Waals surface area contributed by atoms with Gasteiger partial charge in [-0.1, -0.05) is 23.2 Å². The Morgan fingerprint density at radius 1 is 1.07 bits per heavy atom. The highest BCUT2D eigenvalue weighted by Gasteiger charge is 2.19. The van der Waals surface area contributed by atoms with Crippen LogP contribution >= 0.6 is 23.2 Å². The largest absolute Gasteiger partial charge is 0.477 e. The fourth-order valence-electron chi connectivity index (χ4n) is 2.07. The van der Waals surface area contributed by atoms with Crippen molar-refractivity contribution in [1.82, 2.24) is 0 Å². The van der Waals surface area contributed by atoms with Crippen molar-refractivity contribution in [2.75, 3.05) is 19.0 Å². The lowest BCUT2D eigenvalue weighted by Crippen LogP contribution is -2.29. The molecule has 1 N–H and O–H groups in total. The van der Waals surface area contributed by atoms with Crippen LogP contribution in [0.2, 0.25) is 10.0 Å². The maximum absolute atomic E-state index is 12.0. The number of ether oxygens (including phenoxy) is 3. The fourth-order valence-corrected chi connectivity index (χ4v) is 2.52. The van der Waals surface area contributed by atoms with Crippen LogP contribution in [0.25, 0.3) is 0 Å². The van der Waals surface area contributed by atoms with Gasteiger partial charge in [0.15, 0.2) is 12.7 Å². The Kier molecular flexibility index (Phi) is 7.66. The van der Waals surface area contributed by atoms with Gasteiger partial charge in [0.1, 0.15) is 5.75 Å². The van der Waals surface area contributed by atoms with Crippen molar-refractivity contribution < 1.29 is 28.6 Å². The molecular formula is C19H17Cl2NO6. The number of esters is 2. The summed E-state index contributed by atoms with van der Waals surface area (Å²) in [5.41, 5.74) is 0.782. The van der Waals surface area contributed by atoms with Crippen molar-refractivity contribution in [1.29, 1.82) is 0 Å². The van der Waals surface area contributed by atoms with Crippen LogP contribution in [0.4, 0.5) is 5.69 Å². The summed E-state index contributed by atoms with van der Waals surface area (Å²) in [6, 6.07) is 10.6. The van der Waals surface area contributed by atoms with Crippen LogP contribution in [0, 0.1) is 0 Å². The maximum Gasteiger partial charge on any atom is 0.347 e. The van der Waals surface area contributed by atoms with Gasteiger partial charge in [-0.05, 0) is 49.4 Å². The number of hydrogen-bond donors (Lipinski definition) is 1. The molecule has 0 aromatic heterocycles. The third kappa shape index (κ3) is 6.14. The molecule has 1 atom stereocenters. The number of nitrogens with one attached hydrogen (secondary N) is 1. The number of rotatable bonds is 7. The van der Waals surface area contributed by atoms with Crippen LogP contribution in [-0.2, 0) is 19.1 Å². The minimum absolute atomic E-state index is 0.250. The fraction of sp³-hybridized carbons (Fsp3) is 0.211. The van der Waals surface area contributed by atoms with Gasteiger partial charge in [0.05, 0.1) is 17.7 Å². The molecule has 1 amide bonds. The lowest BCUT2D eigenvalue weighted by molar-refractivity contribution is -0.153. The molecule has 28 heavy (non-hydrogen) atoms. The summed E-state index contributed by atoms with van der Waals surface area (Å²) in [5.74, 6) is -1.50. The number of carbonyl (C=O) groups is 3. The molecule has 9 heteroatoms. The third-order valence-corrected chi connectivity index (χ3v) is 4.00. The molecule has 0 aliphatic carbocycles. The zero-order chi connectivity index (χ0) is 20.7. The first kappa shape index (κ1) is 21.5. The molecule has 0 spiro atoms. The van der Waals surface area contributed by atoms with E-state index in [4.69, 9.17) is 32.7 Å². The number of halogens is 2. The topological polar surface area (TPSA) is 90.9 Å². The van der Waals surface area contributed by atoms with E-state index in [1.165, 1.54) is 50.4 Å². The van der Waals surface area contributed by atoms with Crippen LogP contribution in [0.5, 0.6) is 5.75 Å². The van der Waals surface area contributed by atoms with Crippen molar-refractivity contribution in [2.45, 2.75) is 13.0 Å². The first-order chi connectivity index (χ1) is 13.3. The zero-order valence-electron chi connectivity index (χ0n) is 15.0. The average Bonchev–Trinajstić information content (AvgIpc) is 2.68. The van der Waals surface area contributed by atoms with Gasteiger partial charge in [-0.3, -0.25) is 4.79 Å². The molecule has 2 rings (SSSR count). The Balaban J connectivity index is 1.82. The van der Waals surface area contributed by atoms with Crippen molar-refractivity contribution in [3.8, 4) is 5.75 Å². The van der Waals surface area contributed by atoms with Gasteiger partial charge < -0.3 is 19.5 Å². The Bertz CT molecular complexity index is 869. The van der Waals surface area contributed by atoms with Crippen molar-refractivity contribution >= 4 is 46.7 Å². The van der Waals surface area contributed by atoms with Crippen molar-refractivity contribution in [3.05, 3.63) is 58.1 Å². The van der Waals surface area contributed by atoms with Gasteiger partial charge >= 0.3 is 11.9 Å². The molecule has 0 saturated carbocycles. The summed E-state index contributed by atoms with van der Waals surface area (Å²) in [5, 5.41) is 3.22. The molecule has 0 aliphatic rings. The normalized spacial score (nSPS) is 11.3. The molecular weight excluding hydrogens is 409 g/mol. The monoisotopic (exact) mass is 425 g/mol. The maximum atomic E-state index is 12.0. The van der Waals surface area contributed by atoms with Crippen LogP contribution in [0.15, 0.2) is 42.5 Å². The molecule has 148 valence electrons. The van der Waals surface area contributed by atoms with Crippen LogP contribution in [0.1, 0.15) is 17.3 Å². The predicted molar refractivity (Wildman–Crippen MR) is 104 cm³/mol. The minimum Gasteiger partial charge on any atom is -0.477 e. The standard InChI is InChI=1S/C19H17Cl2NO6/c1-11(28-16-8-5-13(20)9-15(16)21)18(24)27-10-17(23)22-14-6-3-12(4-7-14)19(25)26-2/h3-9,11H,10H2,1-2H3,(H,22,23)/t11-/m1/s1. The molecule has 0 unspecified atom stereocenters. The summed E-state index contributed by atoms with van der Waals surface area (Å²) < 4.78 is 14.9. The highest BCUT2D eigenvalue weighted by atomic mass is 35.5. The number of benzene rings is 2. The molecule has 0 fully saturated rings. The Morgan fingerprint density at radius 3 is 2.36 bits per heavy atom. The highest BCUT2D eigenvalue weighted by Crippen LogP contribution is 2.28. The lowest BCUT2D eigenvalue weighted by atomic mass is 10.2. The summed E-state index contributed by atoms with van der Waals surface area (Å²) in [6.45, 7) is 0.969. The molecule has 0 heterocycles. The third-order valence-electron chi connectivity index (χ3n) is 3.46. The molecule has 0 bridgehead atoms. The van der Waals surface area contributed by atoms with Gasteiger partial charge in [-0.2, -0.15) is 0 Å². The number of amides is 1. The Morgan fingerprint density at radius 2 is 1.75 bits per heavy atom. The zero-order valence-corrected chi connectivity index (χ0v) is 16.5. The van der Waals surface area contributed by atoms with Crippen molar-refractivity contribution in [2.24, 2.45) is 0 Å². The smallest absolute Gasteiger partial charge is 0.347 e.